The van der Waals surface area contributed by atoms with Gasteiger partial charge >= 0.3 is 0 Å². The van der Waals surface area contributed by atoms with Gasteiger partial charge in [-0.05, 0) is 17.0 Å². The van der Waals surface area contributed by atoms with E-state index in [1.807, 2.05) is 24.5 Å². The molecule has 1 N–H and O–H groups in total. The van der Waals surface area contributed by atoms with E-state index in [1.165, 1.54) is 10.4 Å². The molecule has 1 aromatic heterocycles. The molecular formula is C20H29IN4OS. The van der Waals surface area contributed by atoms with Crippen molar-refractivity contribution in [2.75, 3.05) is 46.9 Å². The molecule has 0 bridgehead atoms. The molecule has 1 saturated heterocycles. The van der Waals surface area contributed by atoms with E-state index in [4.69, 9.17) is 4.74 Å². The van der Waals surface area contributed by atoms with Crippen molar-refractivity contribution >= 4 is 41.3 Å². The number of morpholine rings is 1. The lowest BCUT2D eigenvalue weighted by Crippen LogP contribution is -2.46. The van der Waals surface area contributed by atoms with E-state index in [-0.39, 0.29) is 24.0 Å². The molecule has 2 aromatic rings. The molecule has 1 atom stereocenters. The minimum Gasteiger partial charge on any atom is -0.379 e. The molecule has 3 rings (SSSR count). The number of rotatable bonds is 6. The summed E-state index contributed by atoms with van der Waals surface area (Å²) in [5.74, 6) is 0.920. The van der Waals surface area contributed by atoms with E-state index in [0.717, 1.165) is 45.4 Å². The highest BCUT2D eigenvalue weighted by Gasteiger charge is 2.24. The highest BCUT2D eigenvalue weighted by Crippen LogP contribution is 2.25. The Hall–Kier alpha value is -1.16. The van der Waals surface area contributed by atoms with Crippen molar-refractivity contribution in [3.8, 4) is 0 Å². The van der Waals surface area contributed by atoms with Crippen LogP contribution >= 0.6 is 35.3 Å². The van der Waals surface area contributed by atoms with Gasteiger partial charge < -0.3 is 15.0 Å². The van der Waals surface area contributed by atoms with Crippen LogP contribution in [0.3, 0.4) is 0 Å². The Morgan fingerprint density at radius 3 is 2.59 bits per heavy atom. The topological polar surface area (TPSA) is 40.1 Å². The molecule has 1 unspecified atom stereocenters. The van der Waals surface area contributed by atoms with Gasteiger partial charge in [0.25, 0.3) is 0 Å². The average Bonchev–Trinajstić information content (AvgIpc) is 3.21. The summed E-state index contributed by atoms with van der Waals surface area (Å²) in [7, 11) is 3.93. The predicted octanol–water partition coefficient (Wildman–Crippen LogP) is 3.45. The lowest BCUT2D eigenvalue weighted by Gasteiger charge is -2.35. The molecule has 1 fully saturated rings. The number of ether oxygens (including phenoxy) is 1. The molecule has 1 aliphatic rings. The van der Waals surface area contributed by atoms with Crippen LogP contribution in [0.25, 0.3) is 0 Å². The van der Waals surface area contributed by atoms with E-state index in [0.29, 0.717) is 6.04 Å². The predicted molar refractivity (Wildman–Crippen MR) is 124 cm³/mol. The first kappa shape index (κ1) is 22.1. The molecule has 2 heterocycles. The van der Waals surface area contributed by atoms with Crippen molar-refractivity contribution in [2.24, 2.45) is 4.99 Å². The molecule has 5 nitrogen and oxygen atoms in total. The summed E-state index contributed by atoms with van der Waals surface area (Å²) in [5, 5.41) is 5.73. The highest BCUT2D eigenvalue weighted by atomic mass is 127. The van der Waals surface area contributed by atoms with E-state index in [2.05, 4.69) is 68.9 Å². The zero-order valence-electron chi connectivity index (χ0n) is 16.0. The van der Waals surface area contributed by atoms with Gasteiger partial charge in [-0.25, -0.2) is 0 Å². The first-order valence-corrected chi connectivity index (χ1v) is 9.97. The molecular weight excluding hydrogens is 471 g/mol. The van der Waals surface area contributed by atoms with Gasteiger partial charge in [-0.1, -0.05) is 36.4 Å². The number of halogens is 1. The summed E-state index contributed by atoms with van der Waals surface area (Å²) in [5.41, 5.74) is 1.28. The Bertz CT molecular complexity index is 675. The van der Waals surface area contributed by atoms with E-state index < -0.39 is 0 Å². The number of nitrogens with one attached hydrogen (secondary N) is 1. The Morgan fingerprint density at radius 1 is 1.22 bits per heavy atom. The Kier molecular flexibility index (Phi) is 9.53. The van der Waals surface area contributed by atoms with Gasteiger partial charge in [-0.2, -0.15) is 0 Å². The number of thiophene rings is 1. The zero-order valence-corrected chi connectivity index (χ0v) is 19.2. The largest absolute Gasteiger partial charge is 0.379 e. The second kappa shape index (κ2) is 11.6. The minimum absolute atomic E-state index is 0. The van der Waals surface area contributed by atoms with Crippen LogP contribution in [0.5, 0.6) is 0 Å². The SMILES string of the molecule is CN=C(NCC(c1cccs1)N1CCOCC1)N(C)Cc1ccccc1.I. The lowest BCUT2D eigenvalue weighted by atomic mass is 10.2. The third-order valence-corrected chi connectivity index (χ3v) is 5.62. The molecule has 7 heteroatoms. The van der Waals surface area contributed by atoms with Crippen LogP contribution < -0.4 is 5.32 Å². The van der Waals surface area contributed by atoms with Crippen LogP contribution in [-0.4, -0.2) is 62.7 Å². The number of nitrogens with zero attached hydrogens (tertiary/aromatic N) is 3. The molecule has 0 amide bonds. The van der Waals surface area contributed by atoms with Gasteiger partial charge in [0.1, 0.15) is 0 Å². The van der Waals surface area contributed by atoms with Gasteiger partial charge in [-0.3, -0.25) is 9.89 Å². The monoisotopic (exact) mass is 500 g/mol. The Balaban J connectivity index is 0.00000261. The summed E-state index contributed by atoms with van der Waals surface area (Å²) < 4.78 is 5.53. The molecule has 27 heavy (non-hydrogen) atoms. The first-order valence-electron chi connectivity index (χ1n) is 9.09. The Labute approximate surface area is 183 Å². The highest BCUT2D eigenvalue weighted by molar-refractivity contribution is 14.0. The second-order valence-electron chi connectivity index (χ2n) is 6.45. The number of hydrogen-bond acceptors (Lipinski definition) is 4. The molecule has 1 aliphatic heterocycles. The summed E-state index contributed by atoms with van der Waals surface area (Å²) >= 11 is 1.82. The third kappa shape index (κ3) is 6.44. The summed E-state index contributed by atoms with van der Waals surface area (Å²) in [6.45, 7) is 5.24. The minimum atomic E-state index is 0. The summed E-state index contributed by atoms with van der Waals surface area (Å²) in [6, 6.07) is 15.2. The number of hydrogen-bond donors (Lipinski definition) is 1. The van der Waals surface area contributed by atoms with Crippen molar-refractivity contribution in [2.45, 2.75) is 12.6 Å². The Morgan fingerprint density at radius 2 is 1.96 bits per heavy atom. The lowest BCUT2D eigenvalue weighted by molar-refractivity contribution is 0.0176. The number of benzene rings is 1. The number of aliphatic imine (C=N–C) groups is 1. The fourth-order valence-electron chi connectivity index (χ4n) is 3.28. The van der Waals surface area contributed by atoms with Crippen molar-refractivity contribution in [3.63, 3.8) is 0 Å². The van der Waals surface area contributed by atoms with E-state index in [1.54, 1.807) is 0 Å². The normalized spacial score (nSPS) is 16.4. The van der Waals surface area contributed by atoms with E-state index >= 15 is 0 Å². The average molecular weight is 500 g/mol. The van der Waals surface area contributed by atoms with Crippen molar-refractivity contribution in [1.29, 1.82) is 0 Å². The molecule has 0 saturated carbocycles. The van der Waals surface area contributed by atoms with Gasteiger partial charge in [0.15, 0.2) is 5.96 Å². The third-order valence-electron chi connectivity index (χ3n) is 4.65. The maximum Gasteiger partial charge on any atom is 0.193 e. The van der Waals surface area contributed by atoms with Crippen LogP contribution in [0.4, 0.5) is 0 Å². The fraction of sp³-hybridized carbons (Fsp3) is 0.450. The fourth-order valence-corrected chi connectivity index (χ4v) is 4.15. The van der Waals surface area contributed by atoms with Gasteiger partial charge in [-0.15, -0.1) is 35.3 Å². The second-order valence-corrected chi connectivity index (χ2v) is 7.43. The van der Waals surface area contributed by atoms with Crippen LogP contribution in [-0.2, 0) is 11.3 Å². The molecule has 0 spiro atoms. The molecule has 0 aliphatic carbocycles. The summed E-state index contributed by atoms with van der Waals surface area (Å²) in [4.78, 5) is 10.5. The van der Waals surface area contributed by atoms with Crippen LogP contribution in [0.2, 0.25) is 0 Å². The number of guanidine groups is 1. The zero-order chi connectivity index (χ0) is 18.2. The molecule has 1 aromatic carbocycles. The first-order chi connectivity index (χ1) is 12.8. The van der Waals surface area contributed by atoms with Gasteiger partial charge in [0, 0.05) is 45.2 Å². The van der Waals surface area contributed by atoms with Crippen molar-refractivity contribution < 1.29 is 4.74 Å². The standard InChI is InChI=1S/C20H28N4OS.HI/c1-21-20(23(2)16-17-7-4-3-5-8-17)22-15-18(19-9-6-14-26-19)24-10-12-25-13-11-24;/h3-9,14,18H,10-13,15-16H2,1-2H3,(H,21,22);1H. The van der Waals surface area contributed by atoms with Crippen molar-refractivity contribution in [3.05, 3.63) is 58.3 Å². The smallest absolute Gasteiger partial charge is 0.193 e. The van der Waals surface area contributed by atoms with Crippen molar-refractivity contribution in [1.82, 2.24) is 15.1 Å². The maximum atomic E-state index is 5.53. The van der Waals surface area contributed by atoms with Gasteiger partial charge in [0.2, 0.25) is 0 Å². The molecule has 0 radical (unpaired) electrons. The molecule has 148 valence electrons. The van der Waals surface area contributed by atoms with Gasteiger partial charge in [0.05, 0.1) is 19.3 Å². The quantitative estimate of drug-likeness (QED) is 0.375. The van der Waals surface area contributed by atoms with Crippen LogP contribution in [0.15, 0.2) is 52.8 Å². The summed E-state index contributed by atoms with van der Waals surface area (Å²) in [6.07, 6.45) is 0. The van der Waals surface area contributed by atoms with Crippen LogP contribution in [0.1, 0.15) is 16.5 Å². The van der Waals surface area contributed by atoms with E-state index in [9.17, 15) is 0 Å². The van der Waals surface area contributed by atoms with Crippen LogP contribution in [0, 0.1) is 0 Å². The maximum absolute atomic E-state index is 5.53.